The smallest absolute Gasteiger partial charge is 0.478 e. The summed E-state index contributed by atoms with van der Waals surface area (Å²) in [6.07, 6.45) is 0.269. The Bertz CT molecular complexity index is 306. The first-order valence-corrected chi connectivity index (χ1v) is 4.83. The zero-order valence-electron chi connectivity index (χ0n) is 9.54. The molecule has 0 unspecified atom stereocenters. The van der Waals surface area contributed by atoms with E-state index in [-0.39, 0.29) is 19.3 Å². The molecule has 0 amide bonds. The largest absolute Gasteiger partial charge is 0.508 e. The Morgan fingerprint density at radius 1 is 1.12 bits per heavy atom. The number of ether oxygens (including phenoxy) is 3. The first-order valence-electron chi connectivity index (χ1n) is 4.83. The normalized spacial score (nSPS) is 10.3. The molecule has 0 saturated carbocycles. The third kappa shape index (κ3) is 10.2. The number of carbonyl (C=O) groups excluding carboxylic acids is 2. The average molecular weight is 246 g/mol. The first kappa shape index (κ1) is 14.9. The van der Waals surface area contributed by atoms with Crippen LogP contribution in [0.15, 0.2) is 12.2 Å². The lowest BCUT2D eigenvalue weighted by Gasteiger charge is -2.08. The van der Waals surface area contributed by atoms with Crippen LogP contribution in [0.4, 0.5) is 4.79 Å². The number of carboxylic acid groups (broad SMARTS) is 1. The predicted molar refractivity (Wildman–Crippen MR) is 55.3 cm³/mol. The van der Waals surface area contributed by atoms with Crippen molar-refractivity contribution in [3.05, 3.63) is 12.2 Å². The van der Waals surface area contributed by atoms with Gasteiger partial charge in [-0.05, 0) is 13.8 Å². The van der Waals surface area contributed by atoms with E-state index in [1.807, 2.05) is 0 Å². The van der Waals surface area contributed by atoms with Crippen LogP contribution in [0, 0.1) is 0 Å². The van der Waals surface area contributed by atoms with Crippen LogP contribution < -0.4 is 0 Å². The maximum atomic E-state index is 10.8. The Morgan fingerprint density at radius 2 is 1.71 bits per heavy atom. The lowest BCUT2D eigenvalue weighted by Crippen LogP contribution is -2.16. The van der Waals surface area contributed by atoms with E-state index in [0.717, 1.165) is 6.08 Å². The zero-order chi connectivity index (χ0) is 13.3. The van der Waals surface area contributed by atoms with E-state index in [1.165, 1.54) is 0 Å². The van der Waals surface area contributed by atoms with Crippen LogP contribution in [0.5, 0.6) is 0 Å². The minimum atomic E-state index is -1.25. The molecule has 0 aromatic rings. The van der Waals surface area contributed by atoms with Crippen molar-refractivity contribution in [3.8, 4) is 0 Å². The lowest BCUT2D eigenvalue weighted by atomic mass is 10.5. The van der Waals surface area contributed by atoms with Crippen molar-refractivity contribution < 1.29 is 33.7 Å². The molecule has 96 valence electrons. The molecule has 17 heavy (non-hydrogen) atoms. The zero-order valence-corrected chi connectivity index (χ0v) is 9.54. The van der Waals surface area contributed by atoms with E-state index < -0.39 is 18.1 Å². The second-order valence-electron chi connectivity index (χ2n) is 3.10. The third-order valence-corrected chi connectivity index (χ3v) is 1.24. The molecular formula is C10H14O7. The summed E-state index contributed by atoms with van der Waals surface area (Å²) >= 11 is 0. The number of hydrogen-bond donors (Lipinski definition) is 1. The minimum Gasteiger partial charge on any atom is -0.478 e. The first-order chi connectivity index (χ1) is 7.91. The van der Waals surface area contributed by atoms with Gasteiger partial charge >= 0.3 is 18.1 Å². The summed E-state index contributed by atoms with van der Waals surface area (Å²) in [4.78, 5) is 31.7. The van der Waals surface area contributed by atoms with Crippen molar-refractivity contribution in [2.75, 3.05) is 13.2 Å². The molecule has 1 N–H and O–H groups in total. The summed E-state index contributed by atoms with van der Waals surface area (Å²) in [6.45, 7) is 3.00. The number of carbonyl (C=O) groups is 3. The highest BCUT2D eigenvalue weighted by molar-refractivity contribution is 5.90. The van der Waals surface area contributed by atoms with E-state index in [9.17, 15) is 14.4 Å². The van der Waals surface area contributed by atoms with Crippen LogP contribution in [0.2, 0.25) is 0 Å². The van der Waals surface area contributed by atoms with Gasteiger partial charge in [-0.2, -0.15) is 0 Å². The van der Waals surface area contributed by atoms with Gasteiger partial charge in [0.05, 0.1) is 6.10 Å². The Labute approximate surface area is 98.0 Å². The molecule has 0 fully saturated rings. The summed E-state index contributed by atoms with van der Waals surface area (Å²) in [5.74, 6) is -2.08. The van der Waals surface area contributed by atoms with E-state index in [2.05, 4.69) is 14.2 Å². The van der Waals surface area contributed by atoms with Crippen molar-refractivity contribution in [1.29, 1.82) is 0 Å². The van der Waals surface area contributed by atoms with Gasteiger partial charge in [-0.15, -0.1) is 0 Å². The van der Waals surface area contributed by atoms with Gasteiger partial charge in [0.15, 0.2) is 0 Å². The number of esters is 1. The SMILES string of the molecule is CC(C)OC(=O)OCCOC(=O)C=CC(=O)O. The van der Waals surface area contributed by atoms with E-state index in [0.29, 0.717) is 6.08 Å². The molecular weight excluding hydrogens is 232 g/mol. The Hall–Kier alpha value is -2.05. The van der Waals surface area contributed by atoms with Gasteiger partial charge in [-0.3, -0.25) is 0 Å². The van der Waals surface area contributed by atoms with Gasteiger partial charge in [0.2, 0.25) is 0 Å². The standard InChI is InChI=1S/C10H14O7/c1-7(2)17-10(14)16-6-5-15-9(13)4-3-8(11)12/h3-4,7H,5-6H2,1-2H3,(H,11,12). The topological polar surface area (TPSA) is 99.1 Å². The van der Waals surface area contributed by atoms with Crippen LogP contribution in [-0.4, -0.2) is 42.5 Å². The van der Waals surface area contributed by atoms with Crippen LogP contribution in [-0.2, 0) is 23.8 Å². The Kier molecular flexibility index (Phi) is 7.16. The highest BCUT2D eigenvalue weighted by Gasteiger charge is 2.06. The quantitative estimate of drug-likeness (QED) is 0.419. The molecule has 0 aliphatic carbocycles. The van der Waals surface area contributed by atoms with Crippen molar-refractivity contribution in [3.63, 3.8) is 0 Å². The summed E-state index contributed by atoms with van der Waals surface area (Å²) < 4.78 is 13.7. The van der Waals surface area contributed by atoms with Gasteiger partial charge in [0, 0.05) is 12.2 Å². The third-order valence-electron chi connectivity index (χ3n) is 1.24. The van der Waals surface area contributed by atoms with Crippen molar-refractivity contribution in [1.82, 2.24) is 0 Å². The fourth-order valence-corrected chi connectivity index (χ4v) is 0.681. The molecule has 0 radical (unpaired) electrons. The molecule has 0 atom stereocenters. The van der Waals surface area contributed by atoms with E-state index in [1.54, 1.807) is 13.8 Å². The van der Waals surface area contributed by atoms with Crippen LogP contribution in [0.25, 0.3) is 0 Å². The van der Waals surface area contributed by atoms with Crippen molar-refractivity contribution >= 4 is 18.1 Å². The number of carboxylic acids is 1. The maximum absolute atomic E-state index is 10.8. The highest BCUT2D eigenvalue weighted by atomic mass is 16.7. The van der Waals surface area contributed by atoms with Crippen LogP contribution >= 0.6 is 0 Å². The van der Waals surface area contributed by atoms with E-state index in [4.69, 9.17) is 5.11 Å². The molecule has 0 saturated heterocycles. The highest BCUT2D eigenvalue weighted by Crippen LogP contribution is 1.92. The second kappa shape index (κ2) is 8.14. The van der Waals surface area contributed by atoms with Crippen molar-refractivity contribution in [2.45, 2.75) is 20.0 Å². The van der Waals surface area contributed by atoms with Gasteiger partial charge in [-0.25, -0.2) is 14.4 Å². The van der Waals surface area contributed by atoms with Gasteiger partial charge in [0.25, 0.3) is 0 Å². The molecule has 0 spiro atoms. The monoisotopic (exact) mass is 246 g/mol. The van der Waals surface area contributed by atoms with Crippen molar-refractivity contribution in [2.24, 2.45) is 0 Å². The second-order valence-corrected chi connectivity index (χ2v) is 3.10. The number of rotatable bonds is 6. The Morgan fingerprint density at radius 3 is 2.24 bits per heavy atom. The maximum Gasteiger partial charge on any atom is 0.508 e. The average Bonchev–Trinajstić information content (AvgIpc) is 2.20. The summed E-state index contributed by atoms with van der Waals surface area (Å²) in [6, 6.07) is 0. The molecule has 0 rings (SSSR count). The minimum absolute atomic E-state index is 0.155. The number of hydrogen-bond acceptors (Lipinski definition) is 6. The fraction of sp³-hybridized carbons (Fsp3) is 0.500. The molecule has 0 heterocycles. The Balaban J connectivity index is 3.61. The van der Waals surface area contributed by atoms with E-state index >= 15 is 0 Å². The fourth-order valence-electron chi connectivity index (χ4n) is 0.681. The van der Waals surface area contributed by atoms with Gasteiger partial charge in [-0.1, -0.05) is 0 Å². The van der Waals surface area contributed by atoms with Crippen LogP contribution in [0.3, 0.4) is 0 Å². The summed E-state index contributed by atoms with van der Waals surface area (Å²) in [7, 11) is 0. The molecule has 0 aromatic carbocycles. The molecule has 0 aliphatic heterocycles. The molecule has 7 heteroatoms. The van der Waals surface area contributed by atoms with Gasteiger partial charge < -0.3 is 19.3 Å². The molecule has 0 bridgehead atoms. The molecule has 0 aromatic heterocycles. The molecule has 0 aliphatic rings. The van der Waals surface area contributed by atoms with Crippen LogP contribution in [0.1, 0.15) is 13.8 Å². The summed E-state index contributed by atoms with van der Waals surface area (Å²) in [5.41, 5.74) is 0. The predicted octanol–water partition coefficient (Wildman–Crippen LogP) is 0.732. The molecule has 7 nitrogen and oxygen atoms in total. The lowest BCUT2D eigenvalue weighted by molar-refractivity contribution is -0.139. The summed E-state index contributed by atoms with van der Waals surface area (Å²) in [5, 5.41) is 8.21. The number of aliphatic carboxylic acids is 1. The van der Waals surface area contributed by atoms with Gasteiger partial charge in [0.1, 0.15) is 13.2 Å².